The van der Waals surface area contributed by atoms with Crippen LogP contribution in [0, 0.1) is 12.0 Å². The normalized spacial score (nSPS) is 10.9. The van der Waals surface area contributed by atoms with Crippen LogP contribution in [0.5, 0.6) is 0 Å². The van der Waals surface area contributed by atoms with Crippen LogP contribution in [0.1, 0.15) is 51.5 Å². The van der Waals surface area contributed by atoms with Crippen molar-refractivity contribution in [3.8, 4) is 0 Å². The predicted octanol–water partition coefficient (Wildman–Crippen LogP) is 4.64. The Labute approximate surface area is 94.7 Å². The lowest BCUT2D eigenvalue weighted by atomic mass is 10.0. The third-order valence-corrected chi connectivity index (χ3v) is 2.78. The van der Waals surface area contributed by atoms with Crippen molar-refractivity contribution in [1.29, 1.82) is 0 Å². The van der Waals surface area contributed by atoms with Crippen molar-refractivity contribution in [2.75, 3.05) is 0 Å². The van der Waals surface area contributed by atoms with Crippen molar-refractivity contribution in [3.63, 3.8) is 0 Å². The standard InChI is InChI=1S/C15H23/c1-14(2)10-6-3-4-7-11-15-12-8-5-9-13-15/h8-9,12-14H,3-4,6-7,10-11H2,1-2H3. The Morgan fingerprint density at radius 2 is 1.67 bits per heavy atom. The Bertz CT molecular complexity index is 235. The third-order valence-electron chi connectivity index (χ3n) is 2.78. The molecule has 0 nitrogen and oxygen atoms in total. The van der Waals surface area contributed by atoms with Gasteiger partial charge in [-0.15, -0.1) is 0 Å². The monoisotopic (exact) mass is 203 g/mol. The van der Waals surface area contributed by atoms with Crippen LogP contribution >= 0.6 is 0 Å². The van der Waals surface area contributed by atoms with Crippen LogP contribution in [-0.4, -0.2) is 0 Å². The summed E-state index contributed by atoms with van der Waals surface area (Å²) in [6, 6.07) is 11.4. The van der Waals surface area contributed by atoms with Crippen molar-refractivity contribution in [2.45, 2.75) is 52.4 Å². The van der Waals surface area contributed by atoms with Crippen LogP contribution in [0.4, 0.5) is 0 Å². The van der Waals surface area contributed by atoms with E-state index in [2.05, 4.69) is 32.0 Å². The second kappa shape index (κ2) is 7.50. The van der Waals surface area contributed by atoms with Gasteiger partial charge in [0.15, 0.2) is 0 Å². The second-order valence-electron chi connectivity index (χ2n) is 4.75. The quantitative estimate of drug-likeness (QED) is 0.566. The first kappa shape index (κ1) is 12.3. The van der Waals surface area contributed by atoms with Gasteiger partial charge in [0.05, 0.1) is 0 Å². The minimum Gasteiger partial charge on any atom is -0.0628 e. The number of hydrogen-bond acceptors (Lipinski definition) is 0. The van der Waals surface area contributed by atoms with Crippen LogP contribution in [-0.2, 0) is 6.42 Å². The summed E-state index contributed by atoms with van der Waals surface area (Å²) in [5, 5.41) is 0. The highest BCUT2D eigenvalue weighted by atomic mass is 14.0. The van der Waals surface area contributed by atoms with E-state index in [-0.39, 0.29) is 0 Å². The molecule has 1 aromatic carbocycles. The van der Waals surface area contributed by atoms with Gasteiger partial charge in [0.1, 0.15) is 0 Å². The molecule has 0 aliphatic rings. The Balaban J connectivity index is 1.98. The van der Waals surface area contributed by atoms with E-state index in [4.69, 9.17) is 0 Å². The highest BCUT2D eigenvalue weighted by Crippen LogP contribution is 2.11. The molecular weight excluding hydrogens is 180 g/mol. The van der Waals surface area contributed by atoms with E-state index in [0.717, 1.165) is 5.92 Å². The van der Waals surface area contributed by atoms with Crippen molar-refractivity contribution in [3.05, 3.63) is 35.9 Å². The summed E-state index contributed by atoms with van der Waals surface area (Å²) in [7, 11) is 0. The lowest BCUT2D eigenvalue weighted by molar-refractivity contribution is 0.520. The van der Waals surface area contributed by atoms with Gasteiger partial charge in [0.25, 0.3) is 0 Å². The molecule has 0 atom stereocenters. The van der Waals surface area contributed by atoms with Gasteiger partial charge in [-0.1, -0.05) is 63.8 Å². The summed E-state index contributed by atoms with van der Waals surface area (Å²) in [6.07, 6.45) is 8.14. The van der Waals surface area contributed by atoms with Crippen LogP contribution in [0.25, 0.3) is 0 Å². The molecule has 0 aliphatic carbocycles. The maximum atomic E-state index is 3.06. The zero-order valence-corrected chi connectivity index (χ0v) is 10.1. The van der Waals surface area contributed by atoms with Crippen LogP contribution in [0.3, 0.4) is 0 Å². The van der Waals surface area contributed by atoms with Crippen LogP contribution < -0.4 is 0 Å². The van der Waals surface area contributed by atoms with E-state index in [0.29, 0.717) is 0 Å². The van der Waals surface area contributed by atoms with E-state index in [1.54, 1.807) is 0 Å². The van der Waals surface area contributed by atoms with Gasteiger partial charge in [-0.05, 0) is 30.4 Å². The van der Waals surface area contributed by atoms with Crippen molar-refractivity contribution in [2.24, 2.45) is 5.92 Å². The number of rotatable bonds is 7. The second-order valence-corrected chi connectivity index (χ2v) is 4.75. The highest BCUT2D eigenvalue weighted by molar-refractivity contribution is 5.13. The summed E-state index contributed by atoms with van der Waals surface area (Å²) in [4.78, 5) is 0. The van der Waals surface area contributed by atoms with Gasteiger partial charge in [-0.25, -0.2) is 0 Å². The molecule has 0 heteroatoms. The van der Waals surface area contributed by atoms with E-state index < -0.39 is 0 Å². The number of hydrogen-bond donors (Lipinski definition) is 0. The summed E-state index contributed by atoms with van der Waals surface area (Å²) in [6.45, 7) is 4.61. The minimum atomic E-state index is 0.870. The van der Waals surface area contributed by atoms with E-state index in [1.807, 2.05) is 12.1 Å². The van der Waals surface area contributed by atoms with E-state index in [9.17, 15) is 0 Å². The Morgan fingerprint density at radius 1 is 1.00 bits per heavy atom. The number of aryl methyl sites for hydroxylation is 1. The molecule has 0 aromatic heterocycles. The topological polar surface area (TPSA) is 0 Å². The van der Waals surface area contributed by atoms with E-state index >= 15 is 0 Å². The number of benzene rings is 1. The molecular formula is C15H23. The van der Waals surface area contributed by atoms with Crippen LogP contribution in [0.2, 0.25) is 0 Å². The summed E-state index contributed by atoms with van der Waals surface area (Å²) >= 11 is 0. The molecule has 0 N–H and O–H groups in total. The zero-order chi connectivity index (χ0) is 10.9. The smallest absolute Gasteiger partial charge is 0.0184 e. The molecule has 0 saturated heterocycles. The average molecular weight is 203 g/mol. The molecule has 0 aliphatic heterocycles. The van der Waals surface area contributed by atoms with Gasteiger partial charge in [-0.2, -0.15) is 0 Å². The molecule has 1 radical (unpaired) electrons. The summed E-state index contributed by atoms with van der Waals surface area (Å²) in [5.41, 5.74) is 1.46. The van der Waals surface area contributed by atoms with Crippen molar-refractivity contribution >= 4 is 0 Å². The molecule has 0 heterocycles. The highest BCUT2D eigenvalue weighted by Gasteiger charge is 1.95. The van der Waals surface area contributed by atoms with Gasteiger partial charge < -0.3 is 0 Å². The Hall–Kier alpha value is -0.780. The number of unbranched alkanes of at least 4 members (excludes halogenated alkanes) is 3. The van der Waals surface area contributed by atoms with E-state index in [1.165, 1.54) is 44.1 Å². The van der Waals surface area contributed by atoms with Crippen LogP contribution in [0.15, 0.2) is 24.3 Å². The fourth-order valence-corrected chi connectivity index (χ4v) is 1.82. The molecule has 0 amide bonds. The molecule has 0 fully saturated rings. The summed E-state index contributed by atoms with van der Waals surface area (Å²) < 4.78 is 0. The van der Waals surface area contributed by atoms with Gasteiger partial charge in [-0.3, -0.25) is 0 Å². The lowest BCUT2D eigenvalue weighted by Crippen LogP contribution is -1.88. The molecule has 0 unspecified atom stereocenters. The fourth-order valence-electron chi connectivity index (χ4n) is 1.82. The molecule has 1 rings (SSSR count). The molecule has 0 bridgehead atoms. The predicted molar refractivity (Wildman–Crippen MR) is 66.9 cm³/mol. The lowest BCUT2D eigenvalue weighted by Gasteiger charge is -2.04. The zero-order valence-electron chi connectivity index (χ0n) is 10.1. The van der Waals surface area contributed by atoms with Gasteiger partial charge in [0, 0.05) is 0 Å². The Morgan fingerprint density at radius 3 is 2.33 bits per heavy atom. The molecule has 0 saturated carbocycles. The largest absolute Gasteiger partial charge is 0.0628 e. The first-order valence-electron chi connectivity index (χ1n) is 6.24. The van der Waals surface area contributed by atoms with Gasteiger partial charge in [0.2, 0.25) is 0 Å². The maximum absolute atomic E-state index is 3.06. The first-order chi connectivity index (χ1) is 7.29. The third kappa shape index (κ3) is 6.33. The minimum absolute atomic E-state index is 0.870. The van der Waals surface area contributed by atoms with Crippen molar-refractivity contribution < 1.29 is 0 Å². The molecule has 1 aromatic rings. The van der Waals surface area contributed by atoms with Gasteiger partial charge >= 0.3 is 0 Å². The van der Waals surface area contributed by atoms with Crippen molar-refractivity contribution in [1.82, 2.24) is 0 Å². The SMILES string of the molecule is CC(C)CCCCCCc1cc[c]cc1. The Kier molecular flexibility index (Phi) is 6.15. The molecule has 0 spiro atoms. The fraction of sp³-hybridized carbons (Fsp3) is 0.600. The first-order valence-corrected chi connectivity index (χ1v) is 6.24. The molecule has 83 valence electrons. The summed E-state index contributed by atoms with van der Waals surface area (Å²) in [5.74, 6) is 0.870. The average Bonchev–Trinajstić information content (AvgIpc) is 2.24. The maximum Gasteiger partial charge on any atom is -0.0184 e. The molecule has 15 heavy (non-hydrogen) atoms.